The van der Waals surface area contributed by atoms with Crippen molar-refractivity contribution in [3.63, 3.8) is 0 Å². The van der Waals surface area contributed by atoms with Crippen LogP contribution >= 0.6 is 0 Å². The summed E-state index contributed by atoms with van der Waals surface area (Å²) in [6.45, 7) is 0. The molecule has 4 aromatic rings. The summed E-state index contributed by atoms with van der Waals surface area (Å²) in [4.78, 5) is 20.7. The first-order chi connectivity index (χ1) is 14.7. The molecule has 8 nitrogen and oxygen atoms in total. The average Bonchev–Trinajstić information content (AvgIpc) is 3.23. The molecule has 2 aromatic carbocycles. The number of ether oxygens (including phenoxy) is 2. The number of carbonyl (C=O) groups excluding carboxylic acids is 1. The summed E-state index contributed by atoms with van der Waals surface area (Å²) in [5.41, 5.74) is 2.68. The Kier molecular flexibility index (Phi) is 5.38. The normalized spacial score (nSPS) is 10.5. The minimum atomic E-state index is -0.355. The van der Waals surface area contributed by atoms with Gasteiger partial charge in [-0.3, -0.25) is 4.79 Å². The van der Waals surface area contributed by atoms with Crippen molar-refractivity contribution in [3.8, 4) is 28.7 Å². The molecule has 0 atom stereocenters. The van der Waals surface area contributed by atoms with E-state index in [1.807, 2.05) is 60.7 Å². The highest BCUT2D eigenvalue weighted by Gasteiger charge is 2.16. The zero-order chi connectivity index (χ0) is 20.9. The molecule has 0 aliphatic carbocycles. The predicted octanol–water partition coefficient (Wildman–Crippen LogP) is 3.60. The van der Waals surface area contributed by atoms with Gasteiger partial charge in [-0.15, -0.1) is 0 Å². The van der Waals surface area contributed by atoms with Crippen molar-refractivity contribution in [3.05, 3.63) is 78.6 Å². The first-order valence-corrected chi connectivity index (χ1v) is 9.15. The highest BCUT2D eigenvalue weighted by atomic mass is 16.5. The first kappa shape index (κ1) is 19.1. The van der Waals surface area contributed by atoms with Crippen molar-refractivity contribution < 1.29 is 14.3 Å². The summed E-state index contributed by atoms with van der Waals surface area (Å²) in [6.07, 6.45) is 2.82. The van der Waals surface area contributed by atoms with Crippen LogP contribution in [-0.2, 0) is 0 Å². The molecule has 150 valence electrons. The molecule has 30 heavy (non-hydrogen) atoms. The second kappa shape index (κ2) is 8.44. The van der Waals surface area contributed by atoms with Crippen molar-refractivity contribution in [2.75, 3.05) is 19.5 Å². The van der Waals surface area contributed by atoms with Gasteiger partial charge in [0.2, 0.25) is 0 Å². The van der Waals surface area contributed by atoms with E-state index < -0.39 is 0 Å². The van der Waals surface area contributed by atoms with Crippen molar-refractivity contribution in [2.24, 2.45) is 0 Å². The van der Waals surface area contributed by atoms with E-state index in [0.29, 0.717) is 17.1 Å². The van der Waals surface area contributed by atoms with Crippen LogP contribution in [0.15, 0.2) is 73.1 Å². The minimum Gasteiger partial charge on any atom is -0.497 e. The molecular formula is C22H19N5O3. The number of anilines is 1. The maximum atomic E-state index is 12.8. The lowest BCUT2D eigenvalue weighted by molar-refractivity contribution is 0.102. The molecule has 0 unspecified atom stereocenters. The molecule has 0 fully saturated rings. The summed E-state index contributed by atoms with van der Waals surface area (Å²) in [5.74, 6) is 0.884. The molecule has 0 bridgehead atoms. The Labute approximate surface area is 173 Å². The van der Waals surface area contributed by atoms with Gasteiger partial charge in [0.25, 0.3) is 5.91 Å². The summed E-state index contributed by atoms with van der Waals surface area (Å²) >= 11 is 0. The number of para-hydroxylation sites is 1. The van der Waals surface area contributed by atoms with Crippen LogP contribution in [0.4, 0.5) is 5.82 Å². The minimum absolute atomic E-state index is 0.196. The second-order valence-electron chi connectivity index (χ2n) is 6.31. The lowest BCUT2D eigenvalue weighted by Crippen LogP contribution is -2.15. The molecule has 0 aliphatic rings. The number of carbonyl (C=O) groups is 1. The zero-order valence-electron chi connectivity index (χ0n) is 16.4. The third-order valence-corrected chi connectivity index (χ3v) is 4.39. The fraction of sp³-hybridized carbons (Fsp3) is 0.0909. The van der Waals surface area contributed by atoms with Crippen LogP contribution in [0.25, 0.3) is 16.9 Å². The molecule has 0 saturated heterocycles. The molecular weight excluding hydrogens is 382 g/mol. The summed E-state index contributed by atoms with van der Waals surface area (Å²) in [5, 5.41) is 7.59. The van der Waals surface area contributed by atoms with Crippen molar-refractivity contribution in [1.82, 2.24) is 19.7 Å². The maximum absolute atomic E-state index is 12.8. The van der Waals surface area contributed by atoms with E-state index in [1.54, 1.807) is 11.8 Å². The number of aromatic nitrogens is 4. The molecule has 0 spiro atoms. The number of amides is 1. The topological polar surface area (TPSA) is 91.2 Å². The monoisotopic (exact) mass is 401 g/mol. The van der Waals surface area contributed by atoms with Gasteiger partial charge in [0, 0.05) is 24.0 Å². The fourth-order valence-electron chi connectivity index (χ4n) is 2.89. The van der Waals surface area contributed by atoms with Gasteiger partial charge in [0.05, 0.1) is 31.2 Å². The molecule has 4 rings (SSSR count). The molecule has 2 aromatic heterocycles. The van der Waals surface area contributed by atoms with Gasteiger partial charge in [0.15, 0.2) is 0 Å². The molecule has 1 N–H and O–H groups in total. The highest BCUT2D eigenvalue weighted by molar-refractivity contribution is 6.03. The van der Waals surface area contributed by atoms with Crippen molar-refractivity contribution >= 4 is 11.7 Å². The number of nitrogens with one attached hydrogen (secondary N) is 1. The number of benzene rings is 2. The number of rotatable bonds is 6. The SMILES string of the molecule is COc1cccc(-c2cc(NC(=O)c3cnc(OC)nc3)n(-c3ccccc3)n2)c1. The van der Waals surface area contributed by atoms with Gasteiger partial charge in [-0.2, -0.15) is 5.10 Å². The average molecular weight is 401 g/mol. The first-order valence-electron chi connectivity index (χ1n) is 9.15. The largest absolute Gasteiger partial charge is 0.497 e. The molecule has 1 amide bonds. The smallest absolute Gasteiger partial charge is 0.316 e. The third kappa shape index (κ3) is 3.97. The molecule has 0 aliphatic heterocycles. The predicted molar refractivity (Wildman–Crippen MR) is 112 cm³/mol. The Morgan fingerprint density at radius 3 is 2.40 bits per heavy atom. The van der Waals surface area contributed by atoms with Crippen LogP contribution in [0.1, 0.15) is 10.4 Å². The Bertz CT molecular complexity index is 1160. The van der Waals surface area contributed by atoms with E-state index in [9.17, 15) is 4.79 Å². The van der Waals surface area contributed by atoms with Gasteiger partial charge >= 0.3 is 6.01 Å². The summed E-state index contributed by atoms with van der Waals surface area (Å²) < 4.78 is 11.9. The Hall–Kier alpha value is -4.20. The van der Waals surface area contributed by atoms with E-state index in [0.717, 1.165) is 17.0 Å². The molecule has 8 heteroatoms. The Balaban J connectivity index is 1.71. The van der Waals surface area contributed by atoms with Crippen LogP contribution in [0.5, 0.6) is 11.8 Å². The van der Waals surface area contributed by atoms with Crippen LogP contribution in [-0.4, -0.2) is 39.9 Å². The molecule has 0 radical (unpaired) electrons. The number of hydrogen-bond donors (Lipinski definition) is 1. The van der Waals surface area contributed by atoms with Gasteiger partial charge in [-0.25, -0.2) is 14.6 Å². The summed E-state index contributed by atoms with van der Waals surface area (Å²) in [6, 6.07) is 19.1. The molecule has 0 saturated carbocycles. The fourth-order valence-corrected chi connectivity index (χ4v) is 2.89. The quantitative estimate of drug-likeness (QED) is 0.531. The van der Waals surface area contributed by atoms with E-state index >= 15 is 0 Å². The van der Waals surface area contributed by atoms with E-state index in [4.69, 9.17) is 14.6 Å². The lowest BCUT2D eigenvalue weighted by atomic mass is 10.1. The van der Waals surface area contributed by atoms with Crippen molar-refractivity contribution in [1.29, 1.82) is 0 Å². The van der Waals surface area contributed by atoms with Gasteiger partial charge in [-0.05, 0) is 24.3 Å². The summed E-state index contributed by atoms with van der Waals surface area (Å²) in [7, 11) is 3.08. The van der Waals surface area contributed by atoms with E-state index in [-0.39, 0.29) is 11.9 Å². The van der Waals surface area contributed by atoms with Crippen LogP contribution < -0.4 is 14.8 Å². The van der Waals surface area contributed by atoms with Crippen molar-refractivity contribution in [2.45, 2.75) is 0 Å². The Morgan fingerprint density at radius 2 is 1.70 bits per heavy atom. The van der Waals surface area contributed by atoms with Gasteiger partial charge in [0.1, 0.15) is 11.6 Å². The van der Waals surface area contributed by atoms with Crippen LogP contribution in [0.3, 0.4) is 0 Å². The van der Waals surface area contributed by atoms with E-state index in [2.05, 4.69) is 15.3 Å². The maximum Gasteiger partial charge on any atom is 0.316 e. The second-order valence-corrected chi connectivity index (χ2v) is 6.31. The lowest BCUT2D eigenvalue weighted by Gasteiger charge is -2.08. The Morgan fingerprint density at radius 1 is 0.933 bits per heavy atom. The van der Waals surface area contributed by atoms with E-state index in [1.165, 1.54) is 19.5 Å². The van der Waals surface area contributed by atoms with Crippen LogP contribution in [0.2, 0.25) is 0 Å². The number of hydrogen-bond acceptors (Lipinski definition) is 6. The molecule has 2 heterocycles. The zero-order valence-corrected chi connectivity index (χ0v) is 16.4. The van der Waals surface area contributed by atoms with Gasteiger partial charge in [-0.1, -0.05) is 30.3 Å². The van der Waals surface area contributed by atoms with Gasteiger partial charge < -0.3 is 14.8 Å². The van der Waals surface area contributed by atoms with Crippen LogP contribution in [0, 0.1) is 0 Å². The third-order valence-electron chi connectivity index (χ3n) is 4.39. The number of nitrogens with zero attached hydrogens (tertiary/aromatic N) is 4. The standard InChI is InChI=1S/C22H19N5O3/c1-29-18-10-6-7-15(11-18)19-12-20(27(26-19)17-8-4-3-5-9-17)25-21(28)16-13-23-22(30-2)24-14-16/h3-14H,1-2H3,(H,25,28). The highest BCUT2D eigenvalue weighted by Crippen LogP contribution is 2.27. The number of methoxy groups -OCH3 is 2.